The van der Waals surface area contributed by atoms with Crippen molar-refractivity contribution in [2.75, 3.05) is 139 Å². The van der Waals surface area contributed by atoms with Crippen LogP contribution in [0.3, 0.4) is 0 Å². The van der Waals surface area contributed by atoms with E-state index in [1.807, 2.05) is 153 Å². The number of hydrogen-bond donors (Lipinski definition) is 3. The first-order valence-corrected chi connectivity index (χ1v) is 40.4. The van der Waals surface area contributed by atoms with E-state index in [0.717, 1.165) is 137 Å². The van der Waals surface area contributed by atoms with Crippen LogP contribution in [0.5, 0.6) is 0 Å². The molecule has 8 aliphatic heterocycles. The molecule has 0 spiro atoms. The summed E-state index contributed by atoms with van der Waals surface area (Å²) in [7, 11) is 2.76. The average Bonchev–Trinajstić information content (AvgIpc) is 1.33. The first-order chi connectivity index (χ1) is 56.0. The largest absolute Gasteiger partial charge is 1.00 e. The maximum absolute atomic E-state index is 13.1. The number of benzene rings is 8. The number of carbonyl (C=O) groups is 9. The molecule has 0 unspecified atom stereocenters. The van der Waals surface area contributed by atoms with Crippen LogP contribution in [0.25, 0.3) is 0 Å². The van der Waals surface area contributed by atoms with Gasteiger partial charge >= 0.3 is 36.8 Å². The molecule has 0 atom stereocenters. The molecular formula is C88H92ClLiN12O14S2. The average molecular weight is 1650 g/mol. The number of hydrogen-bond acceptors (Lipinski definition) is 21. The molecule has 26 nitrogen and oxygen atoms in total. The molecule has 6 N–H and O–H groups in total. The predicted molar refractivity (Wildman–Crippen MR) is 450 cm³/mol. The zero-order valence-corrected chi connectivity index (χ0v) is 68.2. The maximum Gasteiger partial charge on any atom is 1.00 e. The van der Waals surface area contributed by atoms with Gasteiger partial charge in [-0.15, -0.1) is 22.7 Å². The summed E-state index contributed by atoms with van der Waals surface area (Å²) in [5.41, 5.74) is 13.8. The number of nitrogens with zero attached hydrogens (tertiary/aromatic N) is 10. The summed E-state index contributed by atoms with van der Waals surface area (Å²) in [6.45, 7) is 14.3. The maximum atomic E-state index is 13.1. The summed E-state index contributed by atoms with van der Waals surface area (Å²) < 4.78 is 9.36. The smallest absolute Gasteiger partial charge is 0.870 e. The van der Waals surface area contributed by atoms with Crippen molar-refractivity contribution >= 4 is 110 Å². The third-order valence-corrected chi connectivity index (χ3v) is 23.0. The van der Waals surface area contributed by atoms with Crippen LogP contribution in [0.1, 0.15) is 120 Å². The van der Waals surface area contributed by atoms with E-state index in [1.165, 1.54) is 48.0 Å². The standard InChI is InChI=1S/C27H27N5O3S.C17H15NO3.C16H15NO2.C11H16N4OS.C10H11NO2.C7H5ClO.Li.2H2O/c33-25(21-6-7-23-20(16-21)8-10-32(23)26(34)19-4-2-1-3-5-19)31-17-22(18-31)29-11-13-30(14-12-29)27(35)24-28-9-15-36-24;1-21-17(20)14-7-8-15-13(11-14)9-10-18(15)16(19)12-5-3-2-4-6-12;18-16(19)14-6-7-15-13(10-14)8-9-17(15)11-12-4-2-1-3-5-12;16-11(10-13-1-6-17-10)15-4-2-14(3-5-15)9-7-12-8-9;1-13-10(12)8-2-3-9-7(6-8)4-5-11-9;8-7(9)6-4-2-1-3-5-6;;;/h1-7,9,15-16,22H,8,10-14,17-18H2;2-8,11H,9-10H2,1H3;1-7,10H,8-9,11H2,(H,18,19);1,6,9,12H,2-5,7-8H2;2-3,6,11H,4-5H2,1H3;1-5H;;2*1H2/q;;;;;;+1;;/p-1. The van der Waals surface area contributed by atoms with Gasteiger partial charge in [0.2, 0.25) is 0 Å². The van der Waals surface area contributed by atoms with Crippen molar-refractivity contribution in [3.05, 3.63) is 294 Å². The number of piperazine rings is 2. The molecule has 18 rings (SSSR count). The Balaban J connectivity index is 0.000000156. The van der Waals surface area contributed by atoms with E-state index in [0.29, 0.717) is 100 Å². The van der Waals surface area contributed by atoms with Crippen LogP contribution in [0.15, 0.2) is 217 Å². The SMILES string of the molecule is COC(=O)c1ccc2c(c1)CCN2.COC(=O)c1ccc2c(c1)CCN2C(=O)c1ccccc1.O.O=C(Cl)c1ccccc1.O=C(O)c1ccc2c(c1)CCN2Cc1ccccc1.O=C(c1ccc2c(c1)CCN2C(=O)c1ccccc1)N1CC(N2CCN(C(=O)c3nccs3)CC2)C1.O=C(c1nccs1)N1CCN(C2CNC2)CC1.[Li+].[OH-]. The fourth-order valence-corrected chi connectivity index (χ4v) is 16.2. The number of likely N-dealkylation sites (tertiary alicyclic amines) is 1. The number of carboxylic acids is 1. The monoisotopic (exact) mass is 1650 g/mol. The number of nitrogens with one attached hydrogen (secondary N) is 2. The summed E-state index contributed by atoms with van der Waals surface area (Å²) in [5.74, 6) is -1.36. The minimum absolute atomic E-state index is 0. The number of amides is 5. The van der Waals surface area contributed by atoms with E-state index >= 15 is 0 Å². The second kappa shape index (κ2) is 42.7. The van der Waals surface area contributed by atoms with Gasteiger partial charge in [0.25, 0.3) is 34.8 Å². The van der Waals surface area contributed by atoms with Crippen LogP contribution in [-0.2, 0) is 41.7 Å². The van der Waals surface area contributed by atoms with E-state index in [4.69, 9.17) is 21.4 Å². The molecule has 4 fully saturated rings. The Morgan fingerprint density at radius 2 is 0.873 bits per heavy atom. The van der Waals surface area contributed by atoms with Gasteiger partial charge in [-0.3, -0.25) is 38.6 Å². The van der Waals surface area contributed by atoms with Crippen molar-refractivity contribution in [3.8, 4) is 0 Å². The number of fused-ring (bicyclic) bond motifs is 4. The topological polar surface area (TPSA) is 330 Å². The number of halogens is 1. The van der Waals surface area contributed by atoms with E-state index in [9.17, 15) is 43.2 Å². The van der Waals surface area contributed by atoms with Crippen molar-refractivity contribution in [2.45, 2.75) is 44.3 Å². The van der Waals surface area contributed by atoms with Crippen LogP contribution < -0.4 is 44.2 Å². The first kappa shape index (κ1) is 89.1. The summed E-state index contributed by atoms with van der Waals surface area (Å²) in [5, 5.41) is 19.9. The van der Waals surface area contributed by atoms with Gasteiger partial charge in [0.1, 0.15) is 0 Å². The number of aromatic carboxylic acids is 1. The normalized spacial score (nSPS) is 15.4. The van der Waals surface area contributed by atoms with Crippen LogP contribution in [-0.4, -0.2) is 234 Å². The molecule has 10 heterocycles. The van der Waals surface area contributed by atoms with Gasteiger partial charge in [0.15, 0.2) is 10.0 Å². The number of thiazole rings is 2. The number of carbonyl (C=O) groups excluding carboxylic acids is 8. The fourth-order valence-electron chi connectivity index (χ4n) is 14.8. The van der Waals surface area contributed by atoms with Gasteiger partial charge in [-0.1, -0.05) is 97.1 Å². The Morgan fingerprint density at radius 1 is 0.449 bits per heavy atom. The van der Waals surface area contributed by atoms with Crippen LogP contribution in [0.2, 0.25) is 0 Å². The molecule has 8 aliphatic rings. The van der Waals surface area contributed by atoms with Crippen LogP contribution in [0, 0.1) is 0 Å². The zero-order chi connectivity index (χ0) is 80.3. The predicted octanol–water partition coefficient (Wildman–Crippen LogP) is 7.63. The van der Waals surface area contributed by atoms with Gasteiger partial charge in [0.05, 0.1) is 30.9 Å². The second-order valence-corrected chi connectivity index (χ2v) is 30.4. The molecule has 0 saturated carbocycles. The minimum Gasteiger partial charge on any atom is -0.870 e. The van der Waals surface area contributed by atoms with Gasteiger partial charge in [0, 0.05) is 192 Å². The molecule has 10 aromatic rings. The Bertz CT molecular complexity index is 5080. The van der Waals surface area contributed by atoms with E-state index in [-0.39, 0.29) is 71.3 Å². The molecule has 0 aliphatic carbocycles. The number of aromatic nitrogens is 2. The molecule has 2 aromatic heterocycles. The summed E-state index contributed by atoms with van der Waals surface area (Å²) in [4.78, 5) is 132. The zero-order valence-electron chi connectivity index (χ0n) is 65.8. The van der Waals surface area contributed by atoms with Crippen molar-refractivity contribution in [1.29, 1.82) is 0 Å². The molecule has 30 heteroatoms. The second-order valence-electron chi connectivity index (χ2n) is 28.3. The first-order valence-electron chi connectivity index (χ1n) is 38.3. The molecule has 4 saturated heterocycles. The third kappa shape index (κ3) is 22.1. The van der Waals surface area contributed by atoms with E-state index in [1.54, 1.807) is 76.8 Å². The molecular weight excluding hydrogens is 1560 g/mol. The number of methoxy groups -OCH3 is 2. The van der Waals surface area contributed by atoms with E-state index < -0.39 is 11.2 Å². The summed E-state index contributed by atoms with van der Waals surface area (Å²) in [6, 6.07) is 60.6. The summed E-state index contributed by atoms with van der Waals surface area (Å²) in [6.07, 6.45) is 6.76. The van der Waals surface area contributed by atoms with Crippen LogP contribution in [0.4, 0.5) is 22.7 Å². The fraction of sp³-hybridized carbons (Fsp3) is 0.284. The van der Waals surface area contributed by atoms with Crippen molar-refractivity contribution < 1.29 is 87.5 Å². The molecule has 0 radical (unpaired) electrons. The molecule has 0 bridgehead atoms. The Labute approximate surface area is 709 Å². The molecule has 5 amide bonds. The molecule has 8 aromatic carbocycles. The Kier molecular flexibility index (Phi) is 32.3. The summed E-state index contributed by atoms with van der Waals surface area (Å²) >= 11 is 7.96. The van der Waals surface area contributed by atoms with Gasteiger partial charge in [-0.05, 0) is 162 Å². The van der Waals surface area contributed by atoms with Crippen molar-refractivity contribution in [3.63, 3.8) is 0 Å². The van der Waals surface area contributed by atoms with Crippen molar-refractivity contribution in [2.24, 2.45) is 0 Å². The van der Waals surface area contributed by atoms with Crippen LogP contribution >= 0.6 is 34.3 Å². The third-order valence-electron chi connectivity index (χ3n) is 21.3. The number of esters is 2. The minimum atomic E-state index is -0.857. The Morgan fingerprint density at radius 3 is 1.33 bits per heavy atom. The van der Waals surface area contributed by atoms with Gasteiger partial charge in [-0.2, -0.15) is 0 Å². The number of anilines is 4. The number of carboxylic acid groups (broad SMARTS) is 1. The Hall–Kier alpha value is -11.3. The van der Waals surface area contributed by atoms with Crippen molar-refractivity contribution in [1.82, 2.24) is 39.8 Å². The van der Waals surface area contributed by atoms with Gasteiger partial charge in [-0.25, -0.2) is 24.4 Å². The number of rotatable bonds is 13. The number of ether oxygens (including phenoxy) is 2. The molecule has 608 valence electrons. The quantitative estimate of drug-likeness (QED) is 0.0567. The van der Waals surface area contributed by atoms with Gasteiger partial charge < -0.3 is 65.6 Å². The molecule has 118 heavy (non-hydrogen) atoms. The van der Waals surface area contributed by atoms with E-state index in [2.05, 4.69) is 52.2 Å².